The van der Waals surface area contributed by atoms with Crippen LogP contribution < -0.4 is 10.9 Å². The molecule has 0 saturated heterocycles. The molecule has 0 unspecified atom stereocenters. The molecular weight excluding hydrogens is 431 g/mol. The number of aromatic nitrogens is 2. The van der Waals surface area contributed by atoms with Crippen LogP contribution in [0.15, 0.2) is 46.3 Å². The van der Waals surface area contributed by atoms with Gasteiger partial charge in [0.15, 0.2) is 22.6 Å². The number of benzene rings is 2. The third kappa shape index (κ3) is 5.08. The van der Waals surface area contributed by atoms with Gasteiger partial charge in [-0.3, -0.25) is 14.2 Å². The Hall–Kier alpha value is -2.85. The van der Waals surface area contributed by atoms with E-state index in [1.54, 1.807) is 38.3 Å². The Labute approximate surface area is 180 Å². The topological polar surface area (TPSA) is 73.2 Å². The Morgan fingerprint density at radius 2 is 1.94 bits per heavy atom. The van der Waals surface area contributed by atoms with Crippen LogP contribution in [0.2, 0.25) is 0 Å². The highest BCUT2D eigenvalue weighted by Crippen LogP contribution is 2.25. The summed E-state index contributed by atoms with van der Waals surface area (Å²) in [5.74, 6) is -5.15. The predicted octanol–water partition coefficient (Wildman–Crippen LogP) is 3.97. The summed E-state index contributed by atoms with van der Waals surface area (Å²) >= 11 is 1.01. The van der Waals surface area contributed by atoms with Gasteiger partial charge in [-0.25, -0.2) is 18.2 Å². The summed E-state index contributed by atoms with van der Waals surface area (Å²) in [6.07, 6.45) is 0.560. The molecule has 0 aliphatic heterocycles. The molecular formula is C21H20F3N3O3S. The standard InChI is InChI=1S/C21H20F3N3O3S/c1-12(19(28)25-16-9-8-14(22)17(23)18(16)24)31-21-26-15-7-4-3-6-13(15)20(29)27(21)10-5-11-30-2/h3-4,6-9,12H,5,10-11H2,1-2H3,(H,25,28)/t12-/m1/s1. The van der Waals surface area contributed by atoms with E-state index in [0.29, 0.717) is 35.6 Å². The number of ether oxygens (including phenoxy) is 1. The first-order chi connectivity index (χ1) is 14.8. The van der Waals surface area contributed by atoms with Crippen molar-refractivity contribution in [3.8, 4) is 0 Å². The molecule has 2 aromatic carbocycles. The highest BCUT2D eigenvalue weighted by atomic mass is 32.2. The molecule has 3 rings (SSSR count). The Morgan fingerprint density at radius 3 is 2.68 bits per heavy atom. The van der Waals surface area contributed by atoms with Crippen molar-refractivity contribution >= 4 is 34.3 Å². The van der Waals surface area contributed by atoms with E-state index in [0.717, 1.165) is 23.9 Å². The third-order valence-corrected chi connectivity index (χ3v) is 5.59. The Morgan fingerprint density at radius 1 is 1.19 bits per heavy atom. The molecule has 0 radical (unpaired) electrons. The summed E-state index contributed by atoms with van der Waals surface area (Å²) in [5.41, 5.74) is -0.235. The van der Waals surface area contributed by atoms with Crippen molar-refractivity contribution in [1.82, 2.24) is 9.55 Å². The van der Waals surface area contributed by atoms with Gasteiger partial charge in [-0.05, 0) is 37.6 Å². The van der Waals surface area contributed by atoms with Crippen molar-refractivity contribution in [2.24, 2.45) is 0 Å². The van der Waals surface area contributed by atoms with Gasteiger partial charge in [0.2, 0.25) is 5.91 Å². The van der Waals surface area contributed by atoms with E-state index in [4.69, 9.17) is 4.74 Å². The van der Waals surface area contributed by atoms with Crippen LogP contribution in [0.3, 0.4) is 0 Å². The van der Waals surface area contributed by atoms with Crippen LogP contribution in [0.4, 0.5) is 18.9 Å². The molecule has 0 spiro atoms. The highest BCUT2D eigenvalue weighted by molar-refractivity contribution is 8.00. The molecule has 1 aromatic heterocycles. The van der Waals surface area contributed by atoms with E-state index in [1.807, 2.05) is 0 Å². The monoisotopic (exact) mass is 451 g/mol. The largest absolute Gasteiger partial charge is 0.385 e. The fourth-order valence-corrected chi connectivity index (χ4v) is 3.80. The summed E-state index contributed by atoms with van der Waals surface area (Å²) in [7, 11) is 1.56. The van der Waals surface area contributed by atoms with Gasteiger partial charge in [0.05, 0.1) is 21.8 Å². The molecule has 1 heterocycles. The number of fused-ring (bicyclic) bond motifs is 1. The number of amides is 1. The number of halogens is 3. The van der Waals surface area contributed by atoms with E-state index >= 15 is 0 Å². The minimum atomic E-state index is -1.67. The first-order valence-corrected chi connectivity index (χ1v) is 10.3. The molecule has 0 aliphatic carbocycles. The Kier molecular flexibility index (Phi) is 7.34. The van der Waals surface area contributed by atoms with Crippen molar-refractivity contribution in [2.45, 2.75) is 30.3 Å². The lowest BCUT2D eigenvalue weighted by Gasteiger charge is -2.16. The molecule has 1 amide bonds. The summed E-state index contributed by atoms with van der Waals surface area (Å²) < 4.78 is 46.9. The summed E-state index contributed by atoms with van der Waals surface area (Å²) in [6.45, 7) is 2.31. The van der Waals surface area contributed by atoms with Crippen LogP contribution in [-0.4, -0.2) is 34.4 Å². The van der Waals surface area contributed by atoms with Crippen molar-refractivity contribution in [1.29, 1.82) is 0 Å². The second-order valence-corrected chi connectivity index (χ2v) is 7.99. The average Bonchev–Trinajstić information content (AvgIpc) is 2.76. The van der Waals surface area contributed by atoms with E-state index in [2.05, 4.69) is 10.3 Å². The smallest absolute Gasteiger partial charge is 0.262 e. The van der Waals surface area contributed by atoms with E-state index in [1.165, 1.54) is 4.57 Å². The number of nitrogens with zero attached hydrogens (tertiary/aromatic N) is 2. The van der Waals surface area contributed by atoms with Crippen LogP contribution >= 0.6 is 11.8 Å². The van der Waals surface area contributed by atoms with Crippen LogP contribution in [0.25, 0.3) is 10.9 Å². The lowest BCUT2D eigenvalue weighted by Crippen LogP contribution is -2.27. The van der Waals surface area contributed by atoms with Gasteiger partial charge in [-0.15, -0.1) is 0 Å². The van der Waals surface area contributed by atoms with Gasteiger partial charge >= 0.3 is 0 Å². The average molecular weight is 451 g/mol. The molecule has 164 valence electrons. The molecule has 6 nitrogen and oxygen atoms in total. The maximum absolute atomic E-state index is 13.9. The van der Waals surface area contributed by atoms with E-state index in [9.17, 15) is 22.8 Å². The molecule has 10 heteroatoms. The zero-order chi connectivity index (χ0) is 22.5. The molecule has 31 heavy (non-hydrogen) atoms. The van der Waals surface area contributed by atoms with Crippen molar-refractivity contribution in [3.05, 3.63) is 64.2 Å². The number of thioether (sulfide) groups is 1. The van der Waals surface area contributed by atoms with E-state index < -0.39 is 34.3 Å². The van der Waals surface area contributed by atoms with Crippen molar-refractivity contribution in [3.63, 3.8) is 0 Å². The summed E-state index contributed by atoms with van der Waals surface area (Å²) in [6, 6.07) is 8.53. The number of carbonyl (C=O) groups is 1. The normalized spacial score (nSPS) is 12.2. The zero-order valence-corrected chi connectivity index (χ0v) is 17.6. The van der Waals surface area contributed by atoms with Gasteiger partial charge < -0.3 is 10.1 Å². The lowest BCUT2D eigenvalue weighted by molar-refractivity contribution is -0.115. The SMILES string of the molecule is COCCCn1c(S[C@H](C)C(=O)Nc2ccc(F)c(F)c2F)nc2ccccc2c1=O. The fourth-order valence-electron chi connectivity index (χ4n) is 2.87. The quantitative estimate of drug-likeness (QED) is 0.243. The van der Waals surface area contributed by atoms with Gasteiger partial charge in [0.1, 0.15) is 0 Å². The Bertz CT molecular complexity index is 1170. The Balaban J connectivity index is 1.87. The van der Waals surface area contributed by atoms with Gasteiger partial charge in [0, 0.05) is 20.3 Å². The van der Waals surface area contributed by atoms with Crippen LogP contribution in [0.5, 0.6) is 0 Å². The van der Waals surface area contributed by atoms with Crippen molar-refractivity contribution in [2.75, 3.05) is 19.0 Å². The molecule has 0 saturated carbocycles. The van der Waals surface area contributed by atoms with Crippen LogP contribution in [0.1, 0.15) is 13.3 Å². The summed E-state index contributed by atoms with van der Waals surface area (Å²) in [4.78, 5) is 30.0. The number of anilines is 1. The van der Waals surface area contributed by atoms with Crippen molar-refractivity contribution < 1.29 is 22.7 Å². The predicted molar refractivity (Wildman–Crippen MR) is 113 cm³/mol. The molecule has 0 fully saturated rings. The molecule has 1 N–H and O–H groups in total. The minimum Gasteiger partial charge on any atom is -0.385 e. The zero-order valence-electron chi connectivity index (χ0n) is 16.8. The van der Waals surface area contributed by atoms with Gasteiger partial charge in [-0.1, -0.05) is 23.9 Å². The summed E-state index contributed by atoms with van der Waals surface area (Å²) in [5, 5.41) is 2.20. The van der Waals surface area contributed by atoms with Gasteiger partial charge in [-0.2, -0.15) is 0 Å². The number of nitrogens with one attached hydrogen (secondary N) is 1. The lowest BCUT2D eigenvalue weighted by atomic mass is 10.2. The minimum absolute atomic E-state index is 0.247. The fraction of sp³-hybridized carbons (Fsp3) is 0.286. The second kappa shape index (κ2) is 9.97. The first kappa shape index (κ1) is 22.8. The maximum Gasteiger partial charge on any atom is 0.262 e. The number of para-hydroxylation sites is 1. The molecule has 0 aliphatic rings. The van der Waals surface area contributed by atoms with Crippen LogP contribution in [-0.2, 0) is 16.1 Å². The number of carbonyl (C=O) groups excluding carboxylic acids is 1. The number of methoxy groups -OCH3 is 1. The third-order valence-electron chi connectivity index (χ3n) is 4.50. The second-order valence-electron chi connectivity index (χ2n) is 6.69. The molecule has 3 aromatic rings. The maximum atomic E-state index is 13.9. The highest BCUT2D eigenvalue weighted by Gasteiger charge is 2.22. The number of hydrogen-bond acceptors (Lipinski definition) is 5. The number of hydrogen-bond donors (Lipinski definition) is 1. The van der Waals surface area contributed by atoms with Gasteiger partial charge in [0.25, 0.3) is 5.56 Å². The number of rotatable bonds is 8. The molecule has 0 bridgehead atoms. The van der Waals surface area contributed by atoms with Crippen LogP contribution in [0, 0.1) is 17.5 Å². The van der Waals surface area contributed by atoms with E-state index in [-0.39, 0.29) is 5.56 Å². The first-order valence-electron chi connectivity index (χ1n) is 9.43. The molecule has 1 atom stereocenters.